The molecule has 3 fully saturated rings. The third kappa shape index (κ3) is 3.92. The summed E-state index contributed by atoms with van der Waals surface area (Å²) in [6.45, 7) is 10.2. The van der Waals surface area contributed by atoms with Crippen LogP contribution < -0.4 is 9.46 Å². The average molecular weight is 447 g/mol. The standard InChI is InChI=1S/C23H34N4O3S/c1-14-5-6-17(15(2)23(14,3)4)13-30-20-11-21-24-25-22(26-31(28,29)18-9-10-18)27(21)12-19(20)16-7-8-16/h11-12,14-18H,5-10,13H2,1-4H3,(H,25,26)/t14-,15+,17-/m1/s1. The maximum absolute atomic E-state index is 12.4. The monoisotopic (exact) mass is 446 g/mol. The van der Waals surface area contributed by atoms with Crippen molar-refractivity contribution in [3.63, 3.8) is 0 Å². The van der Waals surface area contributed by atoms with Crippen molar-refractivity contribution in [2.45, 2.75) is 77.4 Å². The van der Waals surface area contributed by atoms with Crippen molar-refractivity contribution in [2.24, 2.45) is 23.2 Å². The van der Waals surface area contributed by atoms with Gasteiger partial charge in [0.05, 0.1) is 11.9 Å². The van der Waals surface area contributed by atoms with Crippen LogP contribution in [0.2, 0.25) is 0 Å². The summed E-state index contributed by atoms with van der Waals surface area (Å²) in [5.74, 6) is 3.48. The van der Waals surface area contributed by atoms with Gasteiger partial charge in [-0.15, -0.1) is 10.2 Å². The summed E-state index contributed by atoms with van der Waals surface area (Å²) in [4.78, 5) is 0. The van der Waals surface area contributed by atoms with E-state index in [2.05, 4.69) is 42.6 Å². The molecule has 7 nitrogen and oxygen atoms in total. The molecule has 3 aliphatic carbocycles. The molecule has 2 aromatic heterocycles. The fourth-order valence-corrected chi connectivity index (χ4v) is 6.30. The predicted octanol–water partition coefficient (Wildman–Crippen LogP) is 4.60. The minimum atomic E-state index is -3.38. The predicted molar refractivity (Wildman–Crippen MR) is 121 cm³/mol. The zero-order chi connectivity index (χ0) is 22.0. The molecule has 0 spiro atoms. The van der Waals surface area contributed by atoms with Crippen molar-refractivity contribution < 1.29 is 13.2 Å². The number of hydrogen-bond donors (Lipinski definition) is 1. The Morgan fingerprint density at radius 2 is 1.87 bits per heavy atom. The van der Waals surface area contributed by atoms with Gasteiger partial charge >= 0.3 is 0 Å². The number of nitrogens with zero attached hydrogens (tertiary/aromatic N) is 3. The van der Waals surface area contributed by atoms with Crippen LogP contribution in [0.1, 0.15) is 77.7 Å². The second-order valence-corrected chi connectivity index (χ2v) is 12.6. The number of aromatic nitrogens is 3. The van der Waals surface area contributed by atoms with E-state index in [9.17, 15) is 8.42 Å². The van der Waals surface area contributed by atoms with Gasteiger partial charge in [-0.1, -0.05) is 27.7 Å². The molecule has 8 heteroatoms. The number of ether oxygens (including phenoxy) is 1. The highest BCUT2D eigenvalue weighted by atomic mass is 32.2. The third-order valence-electron chi connectivity index (χ3n) is 8.32. The molecule has 0 amide bonds. The van der Waals surface area contributed by atoms with Crippen molar-refractivity contribution in [3.8, 4) is 5.75 Å². The lowest BCUT2D eigenvalue weighted by Crippen LogP contribution is -2.41. The maximum atomic E-state index is 12.4. The summed E-state index contributed by atoms with van der Waals surface area (Å²) in [6, 6.07) is 1.93. The Balaban J connectivity index is 1.38. The van der Waals surface area contributed by atoms with Crippen LogP contribution in [0.5, 0.6) is 5.75 Å². The second-order valence-electron chi connectivity index (χ2n) is 10.6. The Bertz CT molecular complexity index is 1090. The fourth-order valence-electron chi connectivity index (χ4n) is 4.98. The molecule has 5 rings (SSSR count). The molecule has 3 atom stereocenters. The first-order valence-corrected chi connectivity index (χ1v) is 13.2. The molecule has 3 saturated carbocycles. The summed E-state index contributed by atoms with van der Waals surface area (Å²) in [5, 5.41) is 8.03. The van der Waals surface area contributed by atoms with E-state index in [1.807, 2.05) is 12.3 Å². The molecule has 2 aromatic rings. The van der Waals surface area contributed by atoms with E-state index in [4.69, 9.17) is 4.74 Å². The number of sulfonamides is 1. The first kappa shape index (κ1) is 21.0. The highest BCUT2D eigenvalue weighted by Crippen LogP contribution is 2.48. The van der Waals surface area contributed by atoms with Crippen LogP contribution in [0.25, 0.3) is 5.65 Å². The normalized spacial score (nSPS) is 28.6. The number of anilines is 1. The van der Waals surface area contributed by atoms with Crippen molar-refractivity contribution in [2.75, 3.05) is 11.3 Å². The molecule has 0 bridgehead atoms. The Morgan fingerprint density at radius 3 is 2.55 bits per heavy atom. The van der Waals surface area contributed by atoms with Gasteiger partial charge in [0.2, 0.25) is 16.0 Å². The van der Waals surface area contributed by atoms with E-state index < -0.39 is 10.0 Å². The molecule has 2 heterocycles. The van der Waals surface area contributed by atoms with Crippen molar-refractivity contribution >= 4 is 21.6 Å². The summed E-state index contributed by atoms with van der Waals surface area (Å²) in [5.41, 5.74) is 2.06. The lowest BCUT2D eigenvalue weighted by molar-refractivity contribution is 0.0117. The van der Waals surface area contributed by atoms with Gasteiger partial charge in [-0.05, 0) is 67.6 Å². The van der Waals surface area contributed by atoms with E-state index in [0.29, 0.717) is 48.3 Å². The van der Waals surface area contributed by atoms with Gasteiger partial charge < -0.3 is 4.74 Å². The van der Waals surface area contributed by atoms with Gasteiger partial charge in [0.15, 0.2) is 5.65 Å². The second kappa shape index (κ2) is 7.36. The van der Waals surface area contributed by atoms with E-state index in [-0.39, 0.29) is 11.2 Å². The topological polar surface area (TPSA) is 85.6 Å². The number of rotatable bonds is 7. The highest BCUT2D eigenvalue weighted by Gasteiger charge is 2.41. The molecule has 0 aliphatic heterocycles. The van der Waals surface area contributed by atoms with E-state index in [1.54, 1.807) is 4.40 Å². The molecule has 1 N–H and O–H groups in total. The SMILES string of the molecule is C[C@@H]1CC[C@H](COc2cc3nnc(NS(=O)(=O)C4CC4)n3cc2C2CC2)[C@H](C)C1(C)C. The Morgan fingerprint density at radius 1 is 1.13 bits per heavy atom. The number of hydrogen-bond acceptors (Lipinski definition) is 5. The summed E-state index contributed by atoms with van der Waals surface area (Å²) in [7, 11) is -3.38. The fraction of sp³-hybridized carbons (Fsp3) is 0.739. The molecule has 170 valence electrons. The van der Waals surface area contributed by atoms with E-state index in [0.717, 1.165) is 30.1 Å². The van der Waals surface area contributed by atoms with Gasteiger partial charge in [0.25, 0.3) is 0 Å². The summed E-state index contributed by atoms with van der Waals surface area (Å²) >= 11 is 0. The number of nitrogens with one attached hydrogen (secondary N) is 1. The Hall–Kier alpha value is -1.83. The van der Waals surface area contributed by atoms with Crippen LogP contribution >= 0.6 is 0 Å². The molecule has 0 aromatic carbocycles. The van der Waals surface area contributed by atoms with Crippen molar-refractivity contribution in [1.29, 1.82) is 0 Å². The van der Waals surface area contributed by atoms with Crippen molar-refractivity contribution in [3.05, 3.63) is 17.8 Å². The largest absolute Gasteiger partial charge is 0.493 e. The minimum absolute atomic E-state index is 0.270. The van der Waals surface area contributed by atoms with Gasteiger partial charge in [-0.2, -0.15) is 0 Å². The van der Waals surface area contributed by atoms with Crippen LogP contribution in [0.15, 0.2) is 12.3 Å². The molecule has 31 heavy (non-hydrogen) atoms. The van der Waals surface area contributed by atoms with Gasteiger partial charge in [0.1, 0.15) is 5.75 Å². The van der Waals surface area contributed by atoms with Gasteiger partial charge in [-0.25, -0.2) is 8.42 Å². The smallest absolute Gasteiger partial charge is 0.242 e. The highest BCUT2D eigenvalue weighted by molar-refractivity contribution is 7.93. The Labute approximate surface area is 185 Å². The van der Waals surface area contributed by atoms with Gasteiger partial charge in [0, 0.05) is 17.8 Å². The summed E-state index contributed by atoms with van der Waals surface area (Å²) in [6.07, 6.45) is 8.12. The number of fused-ring (bicyclic) bond motifs is 1. The van der Waals surface area contributed by atoms with Crippen LogP contribution in [-0.2, 0) is 10.0 Å². The van der Waals surface area contributed by atoms with Gasteiger partial charge in [-0.3, -0.25) is 9.12 Å². The zero-order valence-electron chi connectivity index (χ0n) is 19.0. The van der Waals surface area contributed by atoms with Crippen LogP contribution in [0, 0.1) is 23.2 Å². The van der Waals surface area contributed by atoms with E-state index in [1.165, 1.54) is 12.8 Å². The quantitative estimate of drug-likeness (QED) is 0.672. The minimum Gasteiger partial charge on any atom is -0.493 e. The maximum Gasteiger partial charge on any atom is 0.242 e. The molecular weight excluding hydrogens is 412 g/mol. The first-order chi connectivity index (χ1) is 14.7. The third-order valence-corrected chi connectivity index (χ3v) is 10.1. The molecule has 0 saturated heterocycles. The average Bonchev–Trinajstić information content (AvgIpc) is 3.62. The summed E-state index contributed by atoms with van der Waals surface area (Å²) < 4.78 is 35.6. The zero-order valence-corrected chi connectivity index (χ0v) is 19.8. The van der Waals surface area contributed by atoms with E-state index >= 15 is 0 Å². The molecular formula is C23H34N4O3S. The lowest BCUT2D eigenvalue weighted by atomic mass is 9.59. The Kier molecular flexibility index (Phi) is 4.99. The lowest BCUT2D eigenvalue weighted by Gasteiger charge is -2.46. The molecule has 0 unspecified atom stereocenters. The molecule has 3 aliphatic rings. The first-order valence-electron chi connectivity index (χ1n) is 11.7. The number of pyridine rings is 1. The van der Waals surface area contributed by atoms with Crippen LogP contribution in [-0.4, -0.2) is 34.9 Å². The molecule has 0 radical (unpaired) electrons. The van der Waals surface area contributed by atoms with Crippen LogP contribution in [0.3, 0.4) is 0 Å². The van der Waals surface area contributed by atoms with Crippen LogP contribution in [0.4, 0.5) is 5.95 Å². The van der Waals surface area contributed by atoms with Crippen molar-refractivity contribution in [1.82, 2.24) is 14.6 Å².